The van der Waals surface area contributed by atoms with Gasteiger partial charge in [-0.25, -0.2) is 0 Å². The van der Waals surface area contributed by atoms with Crippen LogP contribution in [-0.2, 0) is 4.79 Å². The number of hydrogen-bond acceptors (Lipinski definition) is 6. The summed E-state index contributed by atoms with van der Waals surface area (Å²) in [6.07, 6.45) is 2.43. The molecule has 37 heavy (non-hydrogen) atoms. The zero-order valence-corrected chi connectivity index (χ0v) is 22.0. The summed E-state index contributed by atoms with van der Waals surface area (Å²) in [4.78, 5) is 44.7. The summed E-state index contributed by atoms with van der Waals surface area (Å²) in [5.41, 5.74) is 13.7. The van der Waals surface area contributed by atoms with Gasteiger partial charge in [0.05, 0.1) is 5.69 Å². The van der Waals surface area contributed by atoms with Gasteiger partial charge in [-0.2, -0.15) is 4.37 Å². The largest absolute Gasteiger partial charge is 0.395 e. The van der Waals surface area contributed by atoms with E-state index >= 15 is 0 Å². The minimum Gasteiger partial charge on any atom is -0.395 e. The Kier molecular flexibility index (Phi) is 7.04. The Morgan fingerprint density at radius 2 is 1.81 bits per heavy atom. The fourth-order valence-corrected chi connectivity index (χ4v) is 4.78. The third kappa shape index (κ3) is 5.05. The average molecular weight is 519 g/mol. The second kappa shape index (κ2) is 10.1. The zero-order valence-electron chi connectivity index (χ0n) is 21.2. The van der Waals surface area contributed by atoms with Crippen molar-refractivity contribution >= 4 is 51.5 Å². The molecule has 0 bridgehead atoms. The molecular weight excluding hydrogens is 488 g/mol. The van der Waals surface area contributed by atoms with Crippen molar-refractivity contribution < 1.29 is 14.4 Å². The molecule has 0 aliphatic heterocycles. The topological polar surface area (TPSA) is 147 Å². The molecule has 1 unspecified atom stereocenters. The summed E-state index contributed by atoms with van der Waals surface area (Å²) in [5, 5.41) is 3.90. The van der Waals surface area contributed by atoms with Gasteiger partial charge in [-0.3, -0.25) is 19.3 Å². The van der Waals surface area contributed by atoms with Crippen LogP contribution in [0.3, 0.4) is 0 Å². The normalized spacial score (nSPS) is 12.3. The lowest BCUT2D eigenvalue weighted by Crippen LogP contribution is -2.50. The molecule has 0 aliphatic carbocycles. The SMILES string of the molecule is CCC(C)(C)NC(=O)C(c1c[nH]c2ccccc12)N(C(=O)c1snc(C(N)=O)c1N)c1ccc(C)cc1. The highest BCUT2D eigenvalue weighted by Gasteiger charge is 2.38. The first-order valence-corrected chi connectivity index (χ1v) is 12.6. The minimum atomic E-state index is -1.06. The third-order valence-corrected chi connectivity index (χ3v) is 7.31. The smallest absolute Gasteiger partial charge is 0.273 e. The molecule has 3 amide bonds. The molecule has 0 fully saturated rings. The molecule has 2 aromatic carbocycles. The van der Waals surface area contributed by atoms with Gasteiger partial charge < -0.3 is 21.8 Å². The molecular formula is C27H30N6O3S. The predicted octanol–water partition coefficient (Wildman–Crippen LogP) is 4.31. The van der Waals surface area contributed by atoms with Gasteiger partial charge in [0.1, 0.15) is 10.9 Å². The number of H-pyrrole nitrogens is 1. The Balaban J connectivity index is 1.95. The number of primary amides is 1. The van der Waals surface area contributed by atoms with E-state index in [4.69, 9.17) is 11.5 Å². The highest BCUT2D eigenvalue weighted by atomic mass is 32.1. The molecule has 192 valence electrons. The number of anilines is 2. The molecule has 6 N–H and O–H groups in total. The van der Waals surface area contributed by atoms with E-state index in [1.807, 2.05) is 64.1 Å². The van der Waals surface area contributed by atoms with Crippen LogP contribution in [0.25, 0.3) is 10.9 Å². The summed E-state index contributed by atoms with van der Waals surface area (Å²) in [5.74, 6) is -1.75. The van der Waals surface area contributed by atoms with Crippen LogP contribution in [0.2, 0.25) is 0 Å². The maximum absolute atomic E-state index is 14.2. The van der Waals surface area contributed by atoms with Crippen molar-refractivity contribution in [1.29, 1.82) is 0 Å². The second-order valence-corrected chi connectivity index (χ2v) is 10.3. The lowest BCUT2D eigenvalue weighted by molar-refractivity contribution is -0.124. The molecule has 0 saturated carbocycles. The van der Waals surface area contributed by atoms with Gasteiger partial charge in [-0.05, 0) is 56.9 Å². The van der Waals surface area contributed by atoms with Gasteiger partial charge >= 0.3 is 0 Å². The van der Waals surface area contributed by atoms with Crippen LogP contribution in [0.15, 0.2) is 54.7 Å². The van der Waals surface area contributed by atoms with Crippen molar-refractivity contribution in [2.45, 2.75) is 45.7 Å². The Morgan fingerprint density at radius 3 is 2.43 bits per heavy atom. The number of para-hydroxylation sites is 1. The van der Waals surface area contributed by atoms with E-state index in [-0.39, 0.29) is 22.2 Å². The van der Waals surface area contributed by atoms with Gasteiger partial charge in [0.25, 0.3) is 11.8 Å². The van der Waals surface area contributed by atoms with Crippen molar-refractivity contribution in [2.24, 2.45) is 5.73 Å². The molecule has 10 heteroatoms. The standard InChI is InChI=1S/C27H30N6O3S/c1-5-27(3,4)31-25(35)22(18-14-30-19-9-7-6-8-17(18)19)33(16-12-10-15(2)11-13-16)26(36)23-20(28)21(24(29)34)32-37-23/h6-14,22,30H,5,28H2,1-4H3,(H2,29,34)(H,31,35). The Hall–Kier alpha value is -4.18. The monoisotopic (exact) mass is 518 g/mol. The average Bonchev–Trinajstić information content (AvgIpc) is 3.46. The van der Waals surface area contributed by atoms with Crippen LogP contribution in [0.4, 0.5) is 11.4 Å². The van der Waals surface area contributed by atoms with Gasteiger partial charge in [0.2, 0.25) is 5.91 Å². The molecule has 0 aliphatic rings. The van der Waals surface area contributed by atoms with E-state index < -0.39 is 23.4 Å². The lowest BCUT2D eigenvalue weighted by Gasteiger charge is -2.34. The van der Waals surface area contributed by atoms with Crippen LogP contribution < -0.4 is 21.7 Å². The highest BCUT2D eigenvalue weighted by molar-refractivity contribution is 7.09. The number of fused-ring (bicyclic) bond motifs is 1. The second-order valence-electron chi connectivity index (χ2n) is 9.57. The zero-order chi connectivity index (χ0) is 26.9. The van der Waals surface area contributed by atoms with E-state index in [1.165, 1.54) is 4.90 Å². The molecule has 0 spiro atoms. The number of rotatable bonds is 8. The van der Waals surface area contributed by atoms with Crippen LogP contribution in [0.1, 0.15) is 64.5 Å². The van der Waals surface area contributed by atoms with Crippen molar-refractivity contribution in [3.63, 3.8) is 0 Å². The van der Waals surface area contributed by atoms with Gasteiger partial charge in [0, 0.05) is 33.9 Å². The maximum atomic E-state index is 14.2. The van der Waals surface area contributed by atoms with Crippen molar-refractivity contribution in [3.8, 4) is 0 Å². The summed E-state index contributed by atoms with van der Waals surface area (Å²) < 4.78 is 4.00. The van der Waals surface area contributed by atoms with Crippen molar-refractivity contribution in [1.82, 2.24) is 14.7 Å². The van der Waals surface area contributed by atoms with Crippen LogP contribution >= 0.6 is 11.5 Å². The van der Waals surface area contributed by atoms with E-state index in [9.17, 15) is 14.4 Å². The highest BCUT2D eigenvalue weighted by Crippen LogP contribution is 2.36. The Labute approximate surface area is 219 Å². The molecule has 4 aromatic rings. The van der Waals surface area contributed by atoms with Crippen LogP contribution in [0, 0.1) is 6.92 Å². The van der Waals surface area contributed by atoms with Gasteiger partial charge in [-0.15, -0.1) is 0 Å². The number of amides is 3. The Bertz CT molecular complexity index is 1470. The quantitative estimate of drug-likeness (QED) is 0.274. The molecule has 9 nitrogen and oxygen atoms in total. The fourth-order valence-electron chi connectivity index (χ4n) is 4.04. The number of nitrogen functional groups attached to an aromatic ring is 1. The molecule has 4 rings (SSSR count). The number of carbonyl (C=O) groups is 3. The van der Waals surface area contributed by atoms with Gasteiger partial charge in [-0.1, -0.05) is 42.8 Å². The summed E-state index contributed by atoms with van der Waals surface area (Å²) in [7, 11) is 0. The van der Waals surface area contributed by atoms with E-state index in [0.717, 1.165) is 28.0 Å². The van der Waals surface area contributed by atoms with E-state index in [0.29, 0.717) is 17.7 Å². The van der Waals surface area contributed by atoms with Crippen molar-refractivity contribution in [2.75, 3.05) is 10.6 Å². The van der Waals surface area contributed by atoms with E-state index in [1.54, 1.807) is 18.3 Å². The summed E-state index contributed by atoms with van der Waals surface area (Å²) in [6, 6.07) is 13.8. The van der Waals surface area contributed by atoms with Crippen LogP contribution in [-0.4, -0.2) is 32.6 Å². The molecule has 2 heterocycles. The number of aromatic nitrogens is 2. The fraction of sp³-hybridized carbons (Fsp3) is 0.259. The number of carbonyl (C=O) groups excluding carboxylic acids is 3. The molecule has 0 radical (unpaired) electrons. The number of aromatic amines is 1. The third-order valence-electron chi connectivity index (χ3n) is 6.45. The maximum Gasteiger partial charge on any atom is 0.273 e. The summed E-state index contributed by atoms with van der Waals surface area (Å²) >= 11 is 0.780. The number of benzene rings is 2. The first-order valence-electron chi connectivity index (χ1n) is 11.9. The first kappa shape index (κ1) is 25.9. The molecule has 2 aromatic heterocycles. The number of nitrogens with zero attached hydrogens (tertiary/aromatic N) is 2. The number of nitrogens with one attached hydrogen (secondary N) is 2. The molecule has 0 saturated heterocycles. The minimum absolute atomic E-state index is 0.0294. The predicted molar refractivity (Wildman–Crippen MR) is 147 cm³/mol. The Morgan fingerprint density at radius 1 is 1.14 bits per heavy atom. The number of aryl methyl sites for hydroxylation is 1. The van der Waals surface area contributed by atoms with E-state index in [2.05, 4.69) is 14.7 Å². The number of nitrogens with two attached hydrogens (primary N) is 2. The van der Waals surface area contributed by atoms with Gasteiger partial charge in [0.15, 0.2) is 5.69 Å². The summed E-state index contributed by atoms with van der Waals surface area (Å²) in [6.45, 7) is 7.77. The first-order chi connectivity index (χ1) is 17.5. The van der Waals surface area contributed by atoms with Crippen LogP contribution in [0.5, 0.6) is 0 Å². The lowest BCUT2D eigenvalue weighted by atomic mass is 9.97. The molecule has 1 atom stereocenters. The van der Waals surface area contributed by atoms with Crippen molar-refractivity contribution in [3.05, 3.63) is 76.4 Å². The number of hydrogen-bond donors (Lipinski definition) is 4.